The third-order valence-electron chi connectivity index (χ3n) is 5.77. The molecular weight excluding hydrogens is 453 g/mol. The molecule has 0 unspecified atom stereocenters. The molecule has 9 heteroatoms. The number of halogens is 1. The van der Waals surface area contributed by atoms with Crippen LogP contribution in [0.1, 0.15) is 13.8 Å². The molecule has 1 aliphatic rings. The summed E-state index contributed by atoms with van der Waals surface area (Å²) in [6.45, 7) is 7.73. The van der Waals surface area contributed by atoms with Gasteiger partial charge in [0.15, 0.2) is 11.0 Å². The number of carbonyl (C=O) groups excluding carboxylic acids is 1. The molecule has 1 saturated heterocycles. The van der Waals surface area contributed by atoms with Crippen molar-refractivity contribution in [1.29, 1.82) is 0 Å². The van der Waals surface area contributed by atoms with Gasteiger partial charge in [0.1, 0.15) is 11.6 Å². The minimum atomic E-state index is -0.331. The van der Waals surface area contributed by atoms with Crippen LogP contribution in [0.25, 0.3) is 11.4 Å². The van der Waals surface area contributed by atoms with Crippen molar-refractivity contribution in [2.75, 3.05) is 43.9 Å². The summed E-state index contributed by atoms with van der Waals surface area (Å²) in [6.07, 6.45) is 0. The van der Waals surface area contributed by atoms with E-state index in [0.29, 0.717) is 42.1 Å². The Hall–Kier alpha value is -3.07. The third-order valence-corrected chi connectivity index (χ3v) is 6.73. The van der Waals surface area contributed by atoms with Gasteiger partial charge in [0.05, 0.1) is 18.4 Å². The predicted octanol–water partition coefficient (Wildman–Crippen LogP) is 4.19. The molecule has 1 amide bonds. The molecule has 0 saturated carbocycles. The van der Waals surface area contributed by atoms with Crippen LogP contribution in [0.4, 0.5) is 10.1 Å². The van der Waals surface area contributed by atoms with Crippen molar-refractivity contribution in [3.8, 4) is 17.1 Å². The molecule has 2 aromatic carbocycles. The molecule has 0 radical (unpaired) electrons. The number of carbonyl (C=O) groups is 1. The van der Waals surface area contributed by atoms with E-state index in [-0.39, 0.29) is 17.5 Å². The molecule has 0 atom stereocenters. The third kappa shape index (κ3) is 5.52. The van der Waals surface area contributed by atoms with Gasteiger partial charge in [-0.25, -0.2) is 4.39 Å². The smallest absolute Gasteiger partial charge is 0.233 e. The monoisotopic (exact) mass is 483 g/mol. The van der Waals surface area contributed by atoms with E-state index >= 15 is 0 Å². The highest BCUT2D eigenvalue weighted by Gasteiger charge is 2.23. The van der Waals surface area contributed by atoms with Crippen molar-refractivity contribution in [1.82, 2.24) is 19.7 Å². The molecule has 1 fully saturated rings. The minimum Gasteiger partial charge on any atom is -0.497 e. The van der Waals surface area contributed by atoms with Crippen LogP contribution in [-0.4, -0.2) is 64.6 Å². The molecule has 0 bridgehead atoms. The Kier molecular flexibility index (Phi) is 7.72. The number of thioether (sulfide) groups is 1. The quantitative estimate of drug-likeness (QED) is 0.448. The first-order valence-corrected chi connectivity index (χ1v) is 12.4. The first kappa shape index (κ1) is 24.1. The first-order valence-electron chi connectivity index (χ1n) is 11.4. The maximum absolute atomic E-state index is 14.4. The molecule has 0 spiro atoms. The van der Waals surface area contributed by atoms with E-state index in [1.54, 1.807) is 25.3 Å². The van der Waals surface area contributed by atoms with E-state index in [1.807, 2.05) is 33.7 Å². The number of aromatic nitrogens is 3. The molecule has 180 valence electrons. The average molecular weight is 484 g/mol. The van der Waals surface area contributed by atoms with Gasteiger partial charge in [-0.2, -0.15) is 0 Å². The van der Waals surface area contributed by atoms with Crippen LogP contribution in [0, 0.1) is 11.7 Å². The Morgan fingerprint density at radius 3 is 2.41 bits per heavy atom. The van der Waals surface area contributed by atoms with Crippen molar-refractivity contribution >= 4 is 23.4 Å². The Labute approximate surface area is 203 Å². The van der Waals surface area contributed by atoms with Crippen LogP contribution < -0.4 is 9.64 Å². The van der Waals surface area contributed by atoms with Crippen molar-refractivity contribution in [3.63, 3.8) is 0 Å². The van der Waals surface area contributed by atoms with Gasteiger partial charge in [-0.05, 0) is 42.3 Å². The molecule has 34 heavy (non-hydrogen) atoms. The van der Waals surface area contributed by atoms with Gasteiger partial charge in [0.2, 0.25) is 5.91 Å². The largest absolute Gasteiger partial charge is 0.497 e. The van der Waals surface area contributed by atoms with E-state index in [9.17, 15) is 9.18 Å². The topological polar surface area (TPSA) is 63.5 Å². The van der Waals surface area contributed by atoms with Gasteiger partial charge in [-0.15, -0.1) is 10.2 Å². The Morgan fingerprint density at radius 1 is 1.06 bits per heavy atom. The summed E-state index contributed by atoms with van der Waals surface area (Å²) in [7, 11) is 1.66. The van der Waals surface area contributed by atoms with Crippen molar-refractivity contribution < 1.29 is 13.9 Å². The normalized spacial score (nSPS) is 14.0. The average Bonchev–Trinajstić information content (AvgIpc) is 3.24. The first-order chi connectivity index (χ1) is 16.5. The maximum atomic E-state index is 14.4. The lowest BCUT2D eigenvalue weighted by molar-refractivity contribution is -0.128. The molecule has 0 aliphatic carbocycles. The molecule has 4 rings (SSSR count). The zero-order valence-electron chi connectivity index (χ0n) is 19.8. The number of benzene rings is 2. The lowest BCUT2D eigenvalue weighted by atomic mass is 10.2. The summed E-state index contributed by atoms with van der Waals surface area (Å²) in [4.78, 5) is 17.1. The number of ether oxygens (including phenoxy) is 1. The van der Waals surface area contributed by atoms with Gasteiger partial charge in [0, 0.05) is 38.4 Å². The Bertz CT molecular complexity index is 1110. The highest BCUT2D eigenvalue weighted by Crippen LogP contribution is 2.27. The zero-order valence-corrected chi connectivity index (χ0v) is 20.6. The van der Waals surface area contributed by atoms with Crippen molar-refractivity contribution in [2.24, 2.45) is 5.92 Å². The van der Waals surface area contributed by atoms with Crippen molar-refractivity contribution in [3.05, 3.63) is 54.3 Å². The second kappa shape index (κ2) is 10.9. The van der Waals surface area contributed by atoms with Crippen LogP contribution in [0.5, 0.6) is 5.75 Å². The minimum absolute atomic E-state index is 0.0749. The number of hydrogen-bond donors (Lipinski definition) is 0. The molecule has 0 N–H and O–H groups in total. The second-order valence-electron chi connectivity index (χ2n) is 8.65. The van der Waals surface area contributed by atoms with Gasteiger partial charge >= 0.3 is 0 Å². The molecule has 1 aliphatic heterocycles. The van der Waals surface area contributed by atoms with Crippen LogP contribution in [-0.2, 0) is 11.3 Å². The molecule has 2 heterocycles. The highest BCUT2D eigenvalue weighted by atomic mass is 32.2. The summed E-state index contributed by atoms with van der Waals surface area (Å²) in [5.41, 5.74) is 1.55. The number of amides is 1. The predicted molar refractivity (Wildman–Crippen MR) is 133 cm³/mol. The second-order valence-corrected chi connectivity index (χ2v) is 9.59. The molecule has 7 nitrogen and oxygen atoms in total. The Morgan fingerprint density at radius 2 is 1.76 bits per heavy atom. The van der Waals surface area contributed by atoms with Crippen LogP contribution in [0.2, 0.25) is 0 Å². The van der Waals surface area contributed by atoms with E-state index < -0.39 is 0 Å². The fourth-order valence-corrected chi connectivity index (χ4v) is 4.84. The zero-order chi connectivity index (χ0) is 24.1. The number of rotatable bonds is 8. The van der Waals surface area contributed by atoms with E-state index in [4.69, 9.17) is 4.74 Å². The number of piperazine rings is 1. The lowest BCUT2D eigenvalue weighted by Gasteiger charge is -2.36. The number of nitrogens with zero attached hydrogens (tertiary/aromatic N) is 5. The molecular formula is C25H30FN5O2S. The van der Waals surface area contributed by atoms with E-state index in [1.165, 1.54) is 17.8 Å². The van der Waals surface area contributed by atoms with Crippen molar-refractivity contribution in [2.45, 2.75) is 25.5 Å². The van der Waals surface area contributed by atoms with Gasteiger partial charge < -0.3 is 19.1 Å². The van der Waals surface area contributed by atoms with Crippen LogP contribution >= 0.6 is 11.8 Å². The summed E-state index contributed by atoms with van der Waals surface area (Å²) in [5.74, 6) is 1.67. The van der Waals surface area contributed by atoms with E-state index in [2.05, 4.69) is 28.9 Å². The van der Waals surface area contributed by atoms with Crippen LogP contribution in [0.3, 0.4) is 0 Å². The highest BCUT2D eigenvalue weighted by molar-refractivity contribution is 7.99. The number of methoxy groups -OCH3 is 1. The maximum Gasteiger partial charge on any atom is 0.233 e. The summed E-state index contributed by atoms with van der Waals surface area (Å²) < 4.78 is 21.5. The Balaban J connectivity index is 1.38. The van der Waals surface area contributed by atoms with Gasteiger partial charge in [0.25, 0.3) is 0 Å². The van der Waals surface area contributed by atoms with Gasteiger partial charge in [-0.3, -0.25) is 4.79 Å². The summed E-state index contributed by atoms with van der Waals surface area (Å²) >= 11 is 1.36. The molecule has 3 aromatic rings. The van der Waals surface area contributed by atoms with E-state index in [0.717, 1.165) is 24.5 Å². The molecule has 1 aromatic heterocycles. The SMILES string of the molecule is COc1ccc(N2CCN(C(=O)CSc3nnc(-c4ccccc4F)n3CC(C)C)CC2)cc1. The fraction of sp³-hybridized carbons (Fsp3) is 0.400. The van der Waals surface area contributed by atoms with Crippen LogP contribution in [0.15, 0.2) is 53.7 Å². The summed E-state index contributed by atoms with van der Waals surface area (Å²) in [6, 6.07) is 14.6. The lowest BCUT2D eigenvalue weighted by Crippen LogP contribution is -2.49. The standard InChI is InChI=1S/C25H30FN5O2S/c1-18(2)16-31-24(21-6-4-5-7-22(21)26)27-28-25(31)34-17-23(32)30-14-12-29(13-15-30)19-8-10-20(33-3)11-9-19/h4-11,18H,12-17H2,1-3H3. The number of anilines is 1. The number of hydrogen-bond acceptors (Lipinski definition) is 6. The van der Waals surface area contributed by atoms with Gasteiger partial charge in [-0.1, -0.05) is 37.7 Å². The summed E-state index contributed by atoms with van der Waals surface area (Å²) in [5, 5.41) is 9.18. The fourth-order valence-electron chi connectivity index (χ4n) is 3.99.